The number of carbonyl (C=O) groups is 1. The Bertz CT molecular complexity index is 908. The maximum Gasteiger partial charge on any atom is 0.167 e. The van der Waals surface area contributed by atoms with E-state index in [1.807, 2.05) is 55.5 Å². The molecule has 0 aliphatic rings. The van der Waals surface area contributed by atoms with Crippen LogP contribution < -0.4 is 0 Å². The first kappa shape index (κ1) is 19.0. The van der Waals surface area contributed by atoms with E-state index in [1.165, 1.54) is 5.56 Å². The minimum Gasteiger partial charge on any atom is -0.294 e. The molecule has 1 nitrogen and oxygen atoms in total. The molecular formula is C25H25FO. The normalized spacial score (nSPS) is 10.8. The van der Waals surface area contributed by atoms with E-state index in [4.69, 9.17) is 0 Å². The molecule has 138 valence electrons. The molecule has 0 heterocycles. The third-order valence-electron chi connectivity index (χ3n) is 4.90. The van der Waals surface area contributed by atoms with Gasteiger partial charge in [0.05, 0.1) is 0 Å². The van der Waals surface area contributed by atoms with E-state index in [0.717, 1.165) is 35.1 Å². The van der Waals surface area contributed by atoms with Crippen LogP contribution in [0.3, 0.4) is 0 Å². The molecule has 0 saturated heterocycles. The van der Waals surface area contributed by atoms with Gasteiger partial charge in [-0.1, -0.05) is 80.9 Å². The molecule has 3 aromatic carbocycles. The van der Waals surface area contributed by atoms with Gasteiger partial charge in [0.25, 0.3) is 0 Å². The van der Waals surface area contributed by atoms with Crippen molar-refractivity contribution in [1.82, 2.24) is 0 Å². The van der Waals surface area contributed by atoms with Gasteiger partial charge in [0.2, 0.25) is 0 Å². The molecule has 3 aromatic rings. The quantitative estimate of drug-likeness (QED) is 0.444. The Morgan fingerprint density at radius 3 is 2.04 bits per heavy atom. The lowest BCUT2D eigenvalue weighted by atomic mass is 9.98. The SMILES string of the molecule is CCCc1ccc(CC(=O)c2ccc(-c3ccc(CC)c(F)c3)cc2)cc1. The topological polar surface area (TPSA) is 17.1 Å². The van der Waals surface area contributed by atoms with E-state index in [0.29, 0.717) is 18.4 Å². The lowest BCUT2D eigenvalue weighted by molar-refractivity contribution is 0.0993. The first-order valence-electron chi connectivity index (χ1n) is 9.60. The molecule has 0 bridgehead atoms. The summed E-state index contributed by atoms with van der Waals surface area (Å²) in [5.41, 5.74) is 5.48. The molecule has 3 rings (SSSR count). The van der Waals surface area contributed by atoms with E-state index in [9.17, 15) is 9.18 Å². The van der Waals surface area contributed by atoms with Gasteiger partial charge in [-0.3, -0.25) is 4.79 Å². The second-order valence-corrected chi connectivity index (χ2v) is 6.90. The van der Waals surface area contributed by atoms with E-state index >= 15 is 0 Å². The summed E-state index contributed by atoms with van der Waals surface area (Å²) in [6, 6.07) is 21.0. The number of rotatable bonds is 7. The first-order chi connectivity index (χ1) is 13.1. The van der Waals surface area contributed by atoms with Crippen LogP contribution in [0, 0.1) is 5.82 Å². The number of carbonyl (C=O) groups excluding carboxylic acids is 1. The zero-order valence-electron chi connectivity index (χ0n) is 16.0. The fraction of sp³-hybridized carbons (Fsp3) is 0.240. The van der Waals surface area contributed by atoms with Crippen molar-refractivity contribution in [2.75, 3.05) is 0 Å². The second-order valence-electron chi connectivity index (χ2n) is 6.90. The lowest BCUT2D eigenvalue weighted by Gasteiger charge is -2.07. The van der Waals surface area contributed by atoms with Crippen LogP contribution in [0.15, 0.2) is 66.7 Å². The molecule has 0 amide bonds. The highest BCUT2D eigenvalue weighted by Crippen LogP contribution is 2.23. The van der Waals surface area contributed by atoms with Crippen molar-refractivity contribution < 1.29 is 9.18 Å². The summed E-state index contributed by atoms with van der Waals surface area (Å²) in [4.78, 5) is 12.6. The predicted octanol–water partition coefficient (Wildman–Crippen LogP) is 6.43. The van der Waals surface area contributed by atoms with Crippen molar-refractivity contribution in [3.05, 3.63) is 94.8 Å². The van der Waals surface area contributed by atoms with Crippen LogP contribution in [0.5, 0.6) is 0 Å². The van der Waals surface area contributed by atoms with Crippen LogP contribution in [0.4, 0.5) is 4.39 Å². The predicted molar refractivity (Wildman–Crippen MR) is 110 cm³/mol. The average molecular weight is 360 g/mol. The van der Waals surface area contributed by atoms with Crippen LogP contribution in [0.25, 0.3) is 11.1 Å². The second kappa shape index (κ2) is 8.77. The maximum atomic E-state index is 14.0. The fourth-order valence-corrected chi connectivity index (χ4v) is 3.26. The largest absolute Gasteiger partial charge is 0.294 e. The number of aryl methyl sites for hydroxylation is 2. The minimum atomic E-state index is -0.179. The van der Waals surface area contributed by atoms with Crippen LogP contribution >= 0.6 is 0 Å². The highest BCUT2D eigenvalue weighted by molar-refractivity contribution is 5.97. The smallest absolute Gasteiger partial charge is 0.167 e. The lowest BCUT2D eigenvalue weighted by Crippen LogP contribution is -2.03. The number of halogens is 1. The third-order valence-corrected chi connectivity index (χ3v) is 4.90. The number of hydrogen-bond acceptors (Lipinski definition) is 1. The Kier molecular flexibility index (Phi) is 6.18. The van der Waals surface area contributed by atoms with Crippen molar-refractivity contribution in [1.29, 1.82) is 0 Å². The molecular weight excluding hydrogens is 335 g/mol. The molecule has 0 saturated carbocycles. The molecule has 0 spiro atoms. The monoisotopic (exact) mass is 360 g/mol. The Labute approximate surface area is 160 Å². The van der Waals surface area contributed by atoms with Gasteiger partial charge in [-0.2, -0.15) is 0 Å². The van der Waals surface area contributed by atoms with E-state index in [2.05, 4.69) is 19.1 Å². The summed E-state index contributed by atoms with van der Waals surface area (Å²) in [7, 11) is 0. The zero-order chi connectivity index (χ0) is 19.2. The van der Waals surface area contributed by atoms with E-state index in [-0.39, 0.29) is 11.6 Å². The van der Waals surface area contributed by atoms with E-state index in [1.54, 1.807) is 6.07 Å². The Morgan fingerprint density at radius 2 is 1.44 bits per heavy atom. The van der Waals surface area contributed by atoms with Crippen molar-refractivity contribution in [2.45, 2.75) is 39.5 Å². The van der Waals surface area contributed by atoms with Crippen molar-refractivity contribution >= 4 is 5.78 Å². The molecule has 0 unspecified atom stereocenters. The third kappa shape index (κ3) is 4.71. The van der Waals surface area contributed by atoms with Gasteiger partial charge in [-0.15, -0.1) is 0 Å². The van der Waals surface area contributed by atoms with Gasteiger partial charge >= 0.3 is 0 Å². The van der Waals surface area contributed by atoms with Gasteiger partial charge in [0.15, 0.2) is 5.78 Å². The van der Waals surface area contributed by atoms with Crippen molar-refractivity contribution in [3.63, 3.8) is 0 Å². The molecule has 0 fully saturated rings. The molecule has 0 N–H and O–H groups in total. The Morgan fingerprint density at radius 1 is 0.815 bits per heavy atom. The number of Topliss-reactive ketones (excluding diaryl/α,β-unsaturated/α-hetero) is 1. The van der Waals surface area contributed by atoms with E-state index < -0.39 is 0 Å². The molecule has 0 aliphatic heterocycles. The highest BCUT2D eigenvalue weighted by atomic mass is 19.1. The van der Waals surface area contributed by atoms with Crippen molar-refractivity contribution in [3.8, 4) is 11.1 Å². The standard InChI is InChI=1S/C25H25FO/c1-3-5-18-6-8-19(9-7-18)16-25(27)22-13-11-21(12-14-22)23-15-10-20(4-2)24(26)17-23/h6-15,17H,3-5,16H2,1-2H3. The molecule has 27 heavy (non-hydrogen) atoms. The number of ketones is 1. The molecule has 0 radical (unpaired) electrons. The summed E-state index contributed by atoms with van der Waals surface area (Å²) in [5.74, 6) is -0.0843. The van der Waals surface area contributed by atoms with Gasteiger partial charge in [-0.05, 0) is 46.7 Å². The summed E-state index contributed by atoms with van der Waals surface area (Å²) in [6.07, 6.45) is 3.26. The molecule has 0 atom stereocenters. The molecule has 0 aromatic heterocycles. The summed E-state index contributed by atoms with van der Waals surface area (Å²) >= 11 is 0. The summed E-state index contributed by atoms with van der Waals surface area (Å²) in [5, 5.41) is 0. The van der Waals surface area contributed by atoms with Gasteiger partial charge in [-0.25, -0.2) is 4.39 Å². The zero-order valence-corrected chi connectivity index (χ0v) is 16.0. The van der Waals surface area contributed by atoms with Gasteiger partial charge in [0.1, 0.15) is 5.82 Å². The van der Waals surface area contributed by atoms with Crippen LogP contribution in [0.2, 0.25) is 0 Å². The Balaban J connectivity index is 1.70. The highest BCUT2D eigenvalue weighted by Gasteiger charge is 2.09. The molecule has 2 heteroatoms. The summed E-state index contributed by atoms with van der Waals surface area (Å²) < 4.78 is 14.0. The van der Waals surface area contributed by atoms with Crippen LogP contribution in [0.1, 0.15) is 47.3 Å². The number of benzene rings is 3. The number of hydrogen-bond donors (Lipinski definition) is 0. The average Bonchev–Trinajstić information content (AvgIpc) is 2.70. The van der Waals surface area contributed by atoms with Crippen molar-refractivity contribution in [2.24, 2.45) is 0 Å². The maximum absolute atomic E-state index is 14.0. The van der Waals surface area contributed by atoms with Crippen LogP contribution in [-0.4, -0.2) is 5.78 Å². The summed E-state index contributed by atoms with van der Waals surface area (Å²) in [6.45, 7) is 4.10. The van der Waals surface area contributed by atoms with Gasteiger partial charge < -0.3 is 0 Å². The fourth-order valence-electron chi connectivity index (χ4n) is 3.26. The molecule has 0 aliphatic carbocycles. The Hall–Kier alpha value is -2.74. The van der Waals surface area contributed by atoms with Crippen LogP contribution in [-0.2, 0) is 19.3 Å². The van der Waals surface area contributed by atoms with Gasteiger partial charge in [0, 0.05) is 12.0 Å². The minimum absolute atomic E-state index is 0.0947. The first-order valence-corrected chi connectivity index (χ1v) is 9.60.